The van der Waals surface area contributed by atoms with Crippen molar-refractivity contribution in [3.63, 3.8) is 0 Å². The first-order valence-electron chi connectivity index (χ1n) is 6.11. The Balaban J connectivity index is 2.90. The molecular formula is C12H13F3N2O5. The van der Waals surface area contributed by atoms with Crippen molar-refractivity contribution in [1.29, 1.82) is 0 Å². The lowest BCUT2D eigenvalue weighted by Crippen LogP contribution is -2.30. The summed E-state index contributed by atoms with van der Waals surface area (Å²) in [5.41, 5.74) is -2.63. The summed E-state index contributed by atoms with van der Waals surface area (Å²) in [7, 11) is 0. The van der Waals surface area contributed by atoms with Crippen molar-refractivity contribution in [3.05, 3.63) is 33.9 Å². The van der Waals surface area contributed by atoms with Crippen molar-refractivity contribution in [3.8, 4) is 0 Å². The molecule has 1 rings (SSSR count). The Morgan fingerprint density at radius 2 is 2.14 bits per heavy atom. The Morgan fingerprint density at radius 1 is 1.50 bits per heavy atom. The van der Waals surface area contributed by atoms with Gasteiger partial charge in [0, 0.05) is 11.8 Å². The molecule has 0 aromatic heterocycles. The number of benzene rings is 1. The lowest BCUT2D eigenvalue weighted by molar-refractivity contribution is -0.388. The van der Waals surface area contributed by atoms with E-state index in [1.807, 2.05) is 0 Å². The predicted octanol–water partition coefficient (Wildman–Crippen LogP) is 1.95. The molecule has 0 saturated heterocycles. The zero-order valence-electron chi connectivity index (χ0n) is 11.4. The second-order valence-corrected chi connectivity index (χ2v) is 4.14. The minimum absolute atomic E-state index is 0.0473. The molecule has 0 aliphatic carbocycles. The van der Waals surface area contributed by atoms with Gasteiger partial charge in [-0.3, -0.25) is 10.1 Å². The number of alkyl halides is 3. The summed E-state index contributed by atoms with van der Waals surface area (Å²) in [6.45, 7) is 1.18. The van der Waals surface area contributed by atoms with Gasteiger partial charge in [-0.25, -0.2) is 4.79 Å². The number of halogens is 3. The first-order chi connectivity index (χ1) is 10.2. The largest absolute Gasteiger partial charge is 0.464 e. The number of rotatable bonds is 6. The van der Waals surface area contributed by atoms with E-state index in [1.165, 1.54) is 6.92 Å². The van der Waals surface area contributed by atoms with E-state index in [2.05, 4.69) is 10.1 Å². The molecule has 0 unspecified atom stereocenters. The molecule has 0 saturated carbocycles. The topological polar surface area (TPSA) is 102 Å². The zero-order chi connectivity index (χ0) is 16.9. The highest BCUT2D eigenvalue weighted by molar-refractivity contribution is 5.75. The Bertz CT molecular complexity index is 562. The van der Waals surface area contributed by atoms with Crippen LogP contribution in [0.25, 0.3) is 0 Å². The SMILES string of the molecule is CCOC(=O)[C@@H](O)CNc1ccc([N+](=O)[O-])c(C(F)(F)F)c1. The number of aliphatic hydroxyl groups excluding tert-OH is 1. The van der Waals surface area contributed by atoms with Crippen LogP contribution in [0.3, 0.4) is 0 Å². The van der Waals surface area contributed by atoms with Gasteiger partial charge in [0.05, 0.1) is 18.1 Å². The number of nitro groups is 1. The van der Waals surface area contributed by atoms with Crippen LogP contribution in [0.1, 0.15) is 12.5 Å². The van der Waals surface area contributed by atoms with E-state index < -0.39 is 41.0 Å². The average Bonchev–Trinajstić information content (AvgIpc) is 2.43. The van der Waals surface area contributed by atoms with Crippen LogP contribution in [-0.2, 0) is 15.7 Å². The molecular weight excluding hydrogens is 309 g/mol. The fourth-order valence-corrected chi connectivity index (χ4v) is 1.57. The Hall–Kier alpha value is -2.36. The molecule has 0 heterocycles. The molecule has 22 heavy (non-hydrogen) atoms. The first-order valence-corrected chi connectivity index (χ1v) is 6.11. The van der Waals surface area contributed by atoms with Gasteiger partial charge in [-0.1, -0.05) is 0 Å². The number of nitrogens with one attached hydrogen (secondary N) is 1. The van der Waals surface area contributed by atoms with Gasteiger partial charge in [-0.15, -0.1) is 0 Å². The fraction of sp³-hybridized carbons (Fsp3) is 0.417. The van der Waals surface area contributed by atoms with Gasteiger partial charge in [0.25, 0.3) is 5.69 Å². The van der Waals surface area contributed by atoms with Gasteiger partial charge in [-0.05, 0) is 19.1 Å². The summed E-state index contributed by atoms with van der Waals surface area (Å²) in [6, 6.07) is 2.28. The van der Waals surface area contributed by atoms with Crippen molar-refractivity contribution < 1.29 is 32.7 Å². The predicted molar refractivity (Wildman–Crippen MR) is 69.2 cm³/mol. The van der Waals surface area contributed by atoms with Crippen LogP contribution in [0.15, 0.2) is 18.2 Å². The molecule has 0 amide bonds. The molecule has 1 atom stereocenters. The maximum atomic E-state index is 12.8. The van der Waals surface area contributed by atoms with Gasteiger partial charge >= 0.3 is 12.1 Å². The van der Waals surface area contributed by atoms with E-state index in [0.717, 1.165) is 6.07 Å². The van der Waals surface area contributed by atoms with E-state index in [4.69, 9.17) is 0 Å². The number of hydrogen-bond donors (Lipinski definition) is 2. The number of nitrogens with zero attached hydrogens (tertiary/aromatic N) is 1. The number of nitro benzene ring substituents is 1. The van der Waals surface area contributed by atoms with Crippen molar-refractivity contribution in [2.24, 2.45) is 0 Å². The van der Waals surface area contributed by atoms with Gasteiger partial charge in [-0.2, -0.15) is 13.2 Å². The third kappa shape index (κ3) is 4.58. The second kappa shape index (κ2) is 7.07. The third-order valence-electron chi connectivity index (χ3n) is 2.56. The first kappa shape index (κ1) is 17.7. The molecule has 0 spiro atoms. The molecule has 0 bridgehead atoms. The number of hydrogen-bond acceptors (Lipinski definition) is 6. The normalized spacial score (nSPS) is 12.6. The smallest absolute Gasteiger partial charge is 0.423 e. The molecule has 122 valence electrons. The molecule has 10 heteroatoms. The number of esters is 1. The third-order valence-corrected chi connectivity index (χ3v) is 2.56. The summed E-state index contributed by atoms with van der Waals surface area (Å²) < 4.78 is 42.8. The summed E-state index contributed by atoms with van der Waals surface area (Å²) in [6.07, 6.45) is -6.47. The average molecular weight is 322 g/mol. The Kier molecular flexibility index (Phi) is 5.69. The second-order valence-electron chi connectivity index (χ2n) is 4.14. The van der Waals surface area contributed by atoms with E-state index >= 15 is 0 Å². The molecule has 7 nitrogen and oxygen atoms in total. The number of ether oxygens (including phenoxy) is 1. The number of anilines is 1. The summed E-state index contributed by atoms with van der Waals surface area (Å²) in [4.78, 5) is 20.6. The van der Waals surface area contributed by atoms with Crippen LogP contribution in [-0.4, -0.2) is 35.3 Å². The standard InChI is InChI=1S/C12H13F3N2O5/c1-2-22-11(19)10(18)6-16-7-3-4-9(17(20)21)8(5-7)12(13,14)15/h3-5,10,16,18H,2,6H2,1H3/t10-/m0/s1. The van der Waals surface area contributed by atoms with E-state index in [0.29, 0.717) is 12.1 Å². The van der Waals surface area contributed by atoms with E-state index in [-0.39, 0.29) is 12.3 Å². The van der Waals surface area contributed by atoms with Gasteiger partial charge in [0.15, 0.2) is 6.10 Å². The minimum atomic E-state index is -4.90. The van der Waals surface area contributed by atoms with Crippen LogP contribution in [0.2, 0.25) is 0 Å². The fourth-order valence-electron chi connectivity index (χ4n) is 1.57. The highest BCUT2D eigenvalue weighted by Gasteiger charge is 2.38. The quantitative estimate of drug-likeness (QED) is 0.471. The lowest BCUT2D eigenvalue weighted by atomic mass is 10.1. The Labute approximate surface area is 122 Å². The maximum absolute atomic E-state index is 12.8. The highest BCUT2D eigenvalue weighted by atomic mass is 19.4. The van der Waals surface area contributed by atoms with Crippen LogP contribution in [0.5, 0.6) is 0 Å². The van der Waals surface area contributed by atoms with Crippen molar-refractivity contribution in [2.45, 2.75) is 19.2 Å². The number of carbonyl (C=O) groups is 1. The monoisotopic (exact) mass is 322 g/mol. The molecule has 0 aliphatic rings. The van der Waals surface area contributed by atoms with Crippen LogP contribution >= 0.6 is 0 Å². The molecule has 0 aliphatic heterocycles. The van der Waals surface area contributed by atoms with Gasteiger partial charge in [0.1, 0.15) is 5.56 Å². The van der Waals surface area contributed by atoms with Crippen LogP contribution in [0.4, 0.5) is 24.5 Å². The molecule has 2 N–H and O–H groups in total. The van der Waals surface area contributed by atoms with Gasteiger partial charge in [0.2, 0.25) is 0 Å². The number of aliphatic hydroxyl groups is 1. The van der Waals surface area contributed by atoms with E-state index in [9.17, 15) is 33.2 Å². The zero-order valence-corrected chi connectivity index (χ0v) is 11.4. The molecule has 1 aromatic carbocycles. The number of carbonyl (C=O) groups excluding carboxylic acids is 1. The molecule has 1 aromatic rings. The lowest BCUT2D eigenvalue weighted by Gasteiger charge is -2.13. The van der Waals surface area contributed by atoms with Crippen molar-refractivity contribution in [1.82, 2.24) is 0 Å². The summed E-state index contributed by atoms with van der Waals surface area (Å²) in [5.74, 6) is -0.923. The van der Waals surface area contributed by atoms with Crippen LogP contribution in [0, 0.1) is 10.1 Å². The van der Waals surface area contributed by atoms with E-state index in [1.54, 1.807) is 0 Å². The summed E-state index contributed by atoms with van der Waals surface area (Å²) in [5, 5.41) is 22.4. The molecule has 0 fully saturated rings. The molecule has 0 radical (unpaired) electrons. The maximum Gasteiger partial charge on any atom is 0.423 e. The van der Waals surface area contributed by atoms with Crippen molar-refractivity contribution in [2.75, 3.05) is 18.5 Å². The van der Waals surface area contributed by atoms with Crippen LogP contribution < -0.4 is 5.32 Å². The highest BCUT2D eigenvalue weighted by Crippen LogP contribution is 2.37. The van der Waals surface area contributed by atoms with Crippen molar-refractivity contribution >= 4 is 17.3 Å². The summed E-state index contributed by atoms with van der Waals surface area (Å²) >= 11 is 0. The van der Waals surface area contributed by atoms with Gasteiger partial charge < -0.3 is 15.2 Å². The Morgan fingerprint density at radius 3 is 2.64 bits per heavy atom. The minimum Gasteiger partial charge on any atom is -0.464 e.